The van der Waals surface area contributed by atoms with Gasteiger partial charge in [0.25, 0.3) is 0 Å². The predicted molar refractivity (Wildman–Crippen MR) is 72.2 cm³/mol. The molecule has 1 aromatic rings. The third kappa shape index (κ3) is 3.60. The van der Waals surface area contributed by atoms with Crippen molar-refractivity contribution in [2.24, 2.45) is 0 Å². The Labute approximate surface area is 103 Å². The summed E-state index contributed by atoms with van der Waals surface area (Å²) >= 11 is 0. The van der Waals surface area contributed by atoms with Gasteiger partial charge in [-0.15, -0.1) is 0 Å². The number of nitrogens with one attached hydrogen (secondary N) is 1. The number of likely N-dealkylation sites (tertiary alicyclic amines) is 1. The number of nitrogen functional groups attached to an aromatic ring is 1. The highest BCUT2D eigenvalue weighted by Crippen LogP contribution is 2.13. The Bertz CT molecular complexity index is 358. The first-order chi connectivity index (χ1) is 8.25. The van der Waals surface area contributed by atoms with Gasteiger partial charge in [0, 0.05) is 13.1 Å². The summed E-state index contributed by atoms with van der Waals surface area (Å²) in [5.74, 6) is 0.925. The molecule has 0 spiro atoms. The van der Waals surface area contributed by atoms with Crippen LogP contribution in [0, 0.1) is 6.92 Å². The molecule has 0 aliphatic carbocycles. The maximum absolute atomic E-state index is 5.74. The van der Waals surface area contributed by atoms with Crippen molar-refractivity contribution in [1.82, 2.24) is 9.88 Å². The number of pyridine rings is 1. The van der Waals surface area contributed by atoms with Crippen molar-refractivity contribution in [2.75, 3.05) is 37.2 Å². The van der Waals surface area contributed by atoms with E-state index in [9.17, 15) is 0 Å². The van der Waals surface area contributed by atoms with Crippen LogP contribution < -0.4 is 11.1 Å². The van der Waals surface area contributed by atoms with Crippen LogP contribution in [-0.4, -0.2) is 36.1 Å². The van der Waals surface area contributed by atoms with Crippen LogP contribution >= 0.6 is 0 Å². The number of hydrogen-bond acceptors (Lipinski definition) is 4. The molecule has 0 radical (unpaired) electrons. The summed E-state index contributed by atoms with van der Waals surface area (Å²) in [5.41, 5.74) is 7.58. The third-order valence-electron chi connectivity index (χ3n) is 3.33. The van der Waals surface area contributed by atoms with Gasteiger partial charge in [-0.1, -0.05) is 6.42 Å². The second kappa shape index (κ2) is 5.87. The molecule has 0 atom stereocenters. The van der Waals surface area contributed by atoms with E-state index in [0.717, 1.165) is 30.2 Å². The first-order valence-corrected chi connectivity index (χ1v) is 6.44. The Kier molecular flexibility index (Phi) is 4.20. The number of nitrogens with two attached hydrogens (primary N) is 1. The number of hydrogen-bond donors (Lipinski definition) is 2. The summed E-state index contributed by atoms with van der Waals surface area (Å²) in [6.07, 6.45) is 5.81. The fourth-order valence-corrected chi connectivity index (χ4v) is 2.19. The van der Waals surface area contributed by atoms with E-state index in [1.807, 2.05) is 13.0 Å². The van der Waals surface area contributed by atoms with Crippen molar-refractivity contribution in [3.05, 3.63) is 17.8 Å². The molecule has 2 heterocycles. The van der Waals surface area contributed by atoms with Gasteiger partial charge in [-0.25, -0.2) is 4.98 Å². The minimum absolute atomic E-state index is 0.756. The molecule has 0 unspecified atom stereocenters. The lowest BCUT2D eigenvalue weighted by atomic mass is 10.1. The van der Waals surface area contributed by atoms with E-state index in [1.165, 1.54) is 32.4 Å². The molecule has 0 bridgehead atoms. The topological polar surface area (TPSA) is 54.2 Å². The summed E-state index contributed by atoms with van der Waals surface area (Å²) in [6.45, 7) is 6.56. The summed E-state index contributed by atoms with van der Waals surface area (Å²) in [7, 11) is 0. The minimum Gasteiger partial charge on any atom is -0.397 e. The van der Waals surface area contributed by atoms with E-state index in [-0.39, 0.29) is 0 Å². The first-order valence-electron chi connectivity index (χ1n) is 6.44. The second-order valence-electron chi connectivity index (χ2n) is 4.76. The second-order valence-corrected chi connectivity index (χ2v) is 4.76. The van der Waals surface area contributed by atoms with Gasteiger partial charge in [0.05, 0.1) is 11.9 Å². The van der Waals surface area contributed by atoms with Gasteiger partial charge in [-0.3, -0.25) is 0 Å². The van der Waals surface area contributed by atoms with Crippen molar-refractivity contribution in [3.63, 3.8) is 0 Å². The van der Waals surface area contributed by atoms with Crippen molar-refractivity contribution in [3.8, 4) is 0 Å². The molecule has 1 saturated heterocycles. The number of anilines is 2. The molecule has 3 N–H and O–H groups in total. The molecule has 0 saturated carbocycles. The summed E-state index contributed by atoms with van der Waals surface area (Å²) < 4.78 is 0. The van der Waals surface area contributed by atoms with E-state index >= 15 is 0 Å². The number of aryl methyl sites for hydroxylation is 1. The zero-order chi connectivity index (χ0) is 12.1. The van der Waals surface area contributed by atoms with Crippen LogP contribution in [0.3, 0.4) is 0 Å². The largest absolute Gasteiger partial charge is 0.397 e. The van der Waals surface area contributed by atoms with Gasteiger partial charge in [-0.2, -0.15) is 0 Å². The monoisotopic (exact) mass is 234 g/mol. The van der Waals surface area contributed by atoms with Gasteiger partial charge >= 0.3 is 0 Å². The first kappa shape index (κ1) is 12.2. The number of piperidine rings is 1. The molecule has 4 nitrogen and oxygen atoms in total. The highest BCUT2D eigenvalue weighted by Gasteiger charge is 2.08. The molecule has 1 aliphatic rings. The normalized spacial score (nSPS) is 17.0. The zero-order valence-corrected chi connectivity index (χ0v) is 10.6. The summed E-state index contributed by atoms with van der Waals surface area (Å²) in [5, 5.41) is 3.35. The Morgan fingerprint density at radius 2 is 2.12 bits per heavy atom. The fourth-order valence-electron chi connectivity index (χ4n) is 2.19. The fraction of sp³-hybridized carbons (Fsp3) is 0.615. The summed E-state index contributed by atoms with van der Waals surface area (Å²) in [4.78, 5) is 6.78. The molecular weight excluding hydrogens is 212 g/mol. The Morgan fingerprint density at radius 3 is 2.82 bits per heavy atom. The Balaban J connectivity index is 1.75. The van der Waals surface area contributed by atoms with Crippen LogP contribution in [0.1, 0.15) is 24.8 Å². The third-order valence-corrected chi connectivity index (χ3v) is 3.33. The Morgan fingerprint density at radius 1 is 1.35 bits per heavy atom. The highest BCUT2D eigenvalue weighted by atomic mass is 15.1. The van der Waals surface area contributed by atoms with Gasteiger partial charge < -0.3 is 16.0 Å². The molecule has 17 heavy (non-hydrogen) atoms. The Hall–Kier alpha value is -1.29. The highest BCUT2D eigenvalue weighted by molar-refractivity contribution is 5.50. The molecule has 4 heteroatoms. The lowest BCUT2D eigenvalue weighted by molar-refractivity contribution is 0.237. The quantitative estimate of drug-likeness (QED) is 0.835. The number of rotatable bonds is 4. The maximum atomic E-state index is 5.74. The van der Waals surface area contributed by atoms with E-state index in [4.69, 9.17) is 5.73 Å². The average Bonchev–Trinajstić information content (AvgIpc) is 2.35. The van der Waals surface area contributed by atoms with Crippen molar-refractivity contribution in [2.45, 2.75) is 26.2 Å². The SMILES string of the molecule is Cc1cc(NCCN2CCCCC2)ncc1N. The molecule has 0 amide bonds. The van der Waals surface area contributed by atoms with E-state index in [2.05, 4.69) is 15.2 Å². The molecule has 1 fully saturated rings. The smallest absolute Gasteiger partial charge is 0.126 e. The van der Waals surface area contributed by atoms with Gasteiger partial charge in [-0.05, 0) is 44.5 Å². The van der Waals surface area contributed by atoms with Gasteiger partial charge in [0.2, 0.25) is 0 Å². The van der Waals surface area contributed by atoms with Crippen LogP contribution in [0.5, 0.6) is 0 Å². The molecule has 1 aromatic heterocycles. The van der Waals surface area contributed by atoms with Gasteiger partial charge in [0.1, 0.15) is 5.82 Å². The van der Waals surface area contributed by atoms with E-state index < -0.39 is 0 Å². The zero-order valence-electron chi connectivity index (χ0n) is 10.6. The minimum atomic E-state index is 0.756. The maximum Gasteiger partial charge on any atom is 0.126 e. The van der Waals surface area contributed by atoms with Crippen molar-refractivity contribution in [1.29, 1.82) is 0 Å². The van der Waals surface area contributed by atoms with Gasteiger partial charge in [0.15, 0.2) is 0 Å². The average molecular weight is 234 g/mol. The molecule has 1 aliphatic heterocycles. The number of nitrogens with zero attached hydrogens (tertiary/aromatic N) is 2. The summed E-state index contributed by atoms with van der Waals surface area (Å²) in [6, 6.07) is 2.01. The van der Waals surface area contributed by atoms with Crippen LogP contribution in [0.2, 0.25) is 0 Å². The van der Waals surface area contributed by atoms with Crippen LogP contribution in [0.15, 0.2) is 12.3 Å². The molecular formula is C13H22N4. The molecule has 0 aromatic carbocycles. The van der Waals surface area contributed by atoms with E-state index in [0.29, 0.717) is 0 Å². The van der Waals surface area contributed by atoms with E-state index in [1.54, 1.807) is 6.20 Å². The lowest BCUT2D eigenvalue weighted by Gasteiger charge is -2.26. The van der Waals surface area contributed by atoms with Crippen LogP contribution in [0.4, 0.5) is 11.5 Å². The van der Waals surface area contributed by atoms with Crippen LogP contribution in [-0.2, 0) is 0 Å². The molecule has 2 rings (SSSR count). The number of aromatic nitrogens is 1. The van der Waals surface area contributed by atoms with Crippen LogP contribution in [0.25, 0.3) is 0 Å². The lowest BCUT2D eigenvalue weighted by Crippen LogP contribution is -2.33. The predicted octanol–water partition coefficient (Wildman–Crippen LogP) is 1.87. The van der Waals surface area contributed by atoms with Crippen molar-refractivity contribution >= 4 is 11.5 Å². The standard InChI is InChI=1S/C13H22N4/c1-11-9-13(16-10-12(11)14)15-5-8-17-6-3-2-4-7-17/h9-10H,2-8,14H2,1H3,(H,15,16). The van der Waals surface area contributed by atoms with Crippen molar-refractivity contribution < 1.29 is 0 Å². The molecule has 94 valence electrons.